The first-order valence-corrected chi connectivity index (χ1v) is 10.1. The molecule has 0 radical (unpaired) electrons. The van der Waals surface area contributed by atoms with Gasteiger partial charge in [-0.3, -0.25) is 0 Å². The van der Waals surface area contributed by atoms with E-state index in [9.17, 15) is 8.42 Å². The molecule has 2 heterocycles. The first-order valence-electron chi connectivity index (χ1n) is 7.08. The van der Waals surface area contributed by atoms with Crippen molar-refractivity contribution in [2.24, 2.45) is 0 Å². The topological polar surface area (TPSA) is 49.4 Å². The van der Waals surface area contributed by atoms with Crippen molar-refractivity contribution in [3.63, 3.8) is 0 Å². The van der Waals surface area contributed by atoms with Crippen LogP contribution >= 0.6 is 27.3 Å². The van der Waals surface area contributed by atoms with Crippen molar-refractivity contribution < 1.29 is 8.42 Å². The van der Waals surface area contributed by atoms with Crippen LogP contribution in [0.5, 0.6) is 0 Å². The summed E-state index contributed by atoms with van der Waals surface area (Å²) in [6.07, 6.45) is 5.52. The highest BCUT2D eigenvalue weighted by atomic mass is 79.9. The Kier molecular flexibility index (Phi) is 4.52. The maximum absolute atomic E-state index is 12.8. The average Bonchev–Trinajstić information content (AvgIpc) is 3.16. The summed E-state index contributed by atoms with van der Waals surface area (Å²) in [5.74, 6) is 0. The number of piperidine rings is 1. The number of halogens is 1. The Morgan fingerprint density at radius 3 is 2.75 bits per heavy atom. The van der Waals surface area contributed by atoms with Crippen LogP contribution in [0.4, 0.5) is 0 Å². The van der Waals surface area contributed by atoms with Crippen LogP contribution in [-0.2, 0) is 10.0 Å². The second kappa shape index (κ2) is 6.04. The molecule has 0 aromatic carbocycles. The Hall–Kier alpha value is 0.0500. The minimum absolute atomic E-state index is 0.107. The Balaban J connectivity index is 1.77. The van der Waals surface area contributed by atoms with Crippen LogP contribution in [0.25, 0.3) is 0 Å². The molecule has 0 amide bonds. The Bertz CT molecular complexity index is 569. The number of sulfonamides is 1. The summed E-state index contributed by atoms with van der Waals surface area (Å²) < 4.78 is 28.5. The normalized spacial score (nSPS) is 24.9. The van der Waals surface area contributed by atoms with Gasteiger partial charge in [-0.2, -0.15) is 4.31 Å². The highest BCUT2D eigenvalue weighted by Crippen LogP contribution is 2.32. The molecule has 1 unspecified atom stereocenters. The van der Waals surface area contributed by atoms with Crippen molar-refractivity contribution in [1.29, 1.82) is 0 Å². The van der Waals surface area contributed by atoms with E-state index in [-0.39, 0.29) is 6.04 Å². The maximum Gasteiger partial charge on any atom is 0.252 e. The average molecular weight is 379 g/mol. The molecule has 0 spiro atoms. The van der Waals surface area contributed by atoms with Crippen LogP contribution in [0.1, 0.15) is 32.1 Å². The van der Waals surface area contributed by atoms with Crippen LogP contribution in [0, 0.1) is 0 Å². The van der Waals surface area contributed by atoms with E-state index in [2.05, 4.69) is 21.2 Å². The number of thiophene rings is 1. The highest BCUT2D eigenvalue weighted by Gasteiger charge is 2.35. The first-order chi connectivity index (χ1) is 9.57. The second-order valence-corrected chi connectivity index (χ2v) is 10.1. The number of hydrogen-bond acceptors (Lipinski definition) is 4. The van der Waals surface area contributed by atoms with E-state index in [1.54, 1.807) is 16.4 Å². The van der Waals surface area contributed by atoms with Gasteiger partial charge < -0.3 is 5.32 Å². The quantitative estimate of drug-likeness (QED) is 0.856. The first kappa shape index (κ1) is 15.0. The summed E-state index contributed by atoms with van der Waals surface area (Å²) in [5, 5.41) is 3.47. The summed E-state index contributed by atoms with van der Waals surface area (Å²) >= 11 is 4.64. The van der Waals surface area contributed by atoms with Crippen molar-refractivity contribution in [2.75, 3.05) is 13.1 Å². The zero-order chi connectivity index (χ0) is 14.2. The monoisotopic (exact) mass is 378 g/mol. The summed E-state index contributed by atoms with van der Waals surface area (Å²) in [7, 11) is -3.34. The third-order valence-electron chi connectivity index (χ3n) is 3.90. The minimum Gasteiger partial charge on any atom is -0.312 e. The van der Waals surface area contributed by atoms with Gasteiger partial charge in [-0.25, -0.2) is 8.42 Å². The lowest BCUT2D eigenvalue weighted by molar-refractivity contribution is 0.245. The van der Waals surface area contributed by atoms with Crippen molar-refractivity contribution in [3.05, 3.63) is 15.9 Å². The maximum atomic E-state index is 12.8. The summed E-state index contributed by atoms with van der Waals surface area (Å²) in [5.41, 5.74) is 0. The van der Waals surface area contributed by atoms with E-state index in [1.165, 1.54) is 24.2 Å². The molecule has 1 N–H and O–H groups in total. The third-order valence-corrected chi connectivity index (χ3v) is 7.95. The fourth-order valence-electron chi connectivity index (χ4n) is 2.64. The van der Waals surface area contributed by atoms with Gasteiger partial charge in [-0.15, -0.1) is 11.3 Å². The lowest BCUT2D eigenvalue weighted by Gasteiger charge is -2.34. The van der Waals surface area contributed by atoms with E-state index < -0.39 is 10.0 Å². The van der Waals surface area contributed by atoms with Crippen molar-refractivity contribution >= 4 is 37.3 Å². The minimum atomic E-state index is -3.34. The van der Waals surface area contributed by atoms with Gasteiger partial charge in [0.25, 0.3) is 10.0 Å². The molecule has 1 aromatic heterocycles. The number of rotatable bonds is 5. The van der Waals surface area contributed by atoms with Gasteiger partial charge in [0.2, 0.25) is 0 Å². The van der Waals surface area contributed by atoms with Crippen LogP contribution in [0.3, 0.4) is 0 Å². The van der Waals surface area contributed by atoms with Crippen molar-refractivity contribution in [3.8, 4) is 0 Å². The smallest absolute Gasteiger partial charge is 0.252 e. The van der Waals surface area contributed by atoms with Crippen molar-refractivity contribution in [2.45, 2.75) is 48.4 Å². The molecule has 112 valence electrons. The molecule has 20 heavy (non-hydrogen) atoms. The predicted octanol–water partition coefficient (Wildman–Crippen LogP) is 2.81. The molecule has 1 saturated carbocycles. The summed E-state index contributed by atoms with van der Waals surface area (Å²) in [4.78, 5) is 0. The Morgan fingerprint density at radius 2 is 2.10 bits per heavy atom. The van der Waals surface area contributed by atoms with Gasteiger partial charge in [0.05, 0.1) is 3.79 Å². The fraction of sp³-hybridized carbons (Fsp3) is 0.692. The molecule has 1 aliphatic carbocycles. The Labute approximate surface area is 132 Å². The van der Waals surface area contributed by atoms with E-state index in [1.807, 2.05) is 0 Å². The molecule has 0 bridgehead atoms. The zero-order valence-electron chi connectivity index (χ0n) is 11.2. The number of nitrogens with one attached hydrogen (secondary N) is 1. The van der Waals surface area contributed by atoms with Crippen LogP contribution in [0.15, 0.2) is 20.1 Å². The van der Waals surface area contributed by atoms with Gasteiger partial charge in [0, 0.05) is 25.2 Å². The predicted molar refractivity (Wildman–Crippen MR) is 84.6 cm³/mol. The van der Waals surface area contributed by atoms with E-state index >= 15 is 0 Å². The largest absolute Gasteiger partial charge is 0.312 e. The van der Waals surface area contributed by atoms with E-state index in [4.69, 9.17) is 0 Å². The van der Waals surface area contributed by atoms with Gasteiger partial charge >= 0.3 is 0 Å². The zero-order valence-corrected chi connectivity index (χ0v) is 14.4. The fourth-order valence-corrected chi connectivity index (χ4v) is 6.47. The number of nitrogens with zero attached hydrogens (tertiary/aromatic N) is 1. The van der Waals surface area contributed by atoms with Crippen LogP contribution < -0.4 is 5.32 Å². The summed E-state index contributed by atoms with van der Waals surface area (Å²) in [6.45, 7) is 1.44. The second-order valence-electron chi connectivity index (χ2n) is 5.51. The molecule has 2 fully saturated rings. The molecule has 7 heteroatoms. The van der Waals surface area contributed by atoms with Crippen LogP contribution in [0.2, 0.25) is 0 Å². The molecule has 1 atom stereocenters. The van der Waals surface area contributed by atoms with E-state index in [0.29, 0.717) is 16.8 Å². The molecular formula is C13H19BrN2O2S2. The molecule has 4 nitrogen and oxygen atoms in total. The molecule has 1 aromatic rings. The molecule has 1 aliphatic heterocycles. The molecule has 1 saturated heterocycles. The van der Waals surface area contributed by atoms with Gasteiger partial charge in [0.15, 0.2) is 0 Å². The lowest BCUT2D eigenvalue weighted by Crippen LogP contribution is -2.48. The van der Waals surface area contributed by atoms with E-state index in [0.717, 1.165) is 29.6 Å². The summed E-state index contributed by atoms with van der Waals surface area (Å²) in [6, 6.07) is 4.23. The molecule has 3 rings (SSSR count). The third kappa shape index (κ3) is 3.27. The van der Waals surface area contributed by atoms with Gasteiger partial charge in [-0.1, -0.05) is 6.42 Å². The van der Waals surface area contributed by atoms with Crippen LogP contribution in [-0.4, -0.2) is 37.9 Å². The number of hydrogen-bond donors (Lipinski definition) is 1. The lowest BCUT2D eigenvalue weighted by atomic mass is 10.1. The van der Waals surface area contributed by atoms with Gasteiger partial charge in [-0.05, 0) is 53.7 Å². The SMILES string of the molecule is O=S(=O)(c1ccc(Br)s1)N1CCCCC1CNC1CC1. The Morgan fingerprint density at radius 1 is 1.30 bits per heavy atom. The highest BCUT2D eigenvalue weighted by molar-refractivity contribution is 9.11. The standard InChI is InChI=1S/C13H19BrN2O2S2/c14-12-6-7-13(19-12)20(17,18)16-8-2-1-3-11(16)9-15-10-4-5-10/h6-7,10-11,15H,1-5,8-9H2. The van der Waals surface area contributed by atoms with Gasteiger partial charge in [0.1, 0.15) is 4.21 Å². The van der Waals surface area contributed by atoms with Crippen molar-refractivity contribution in [1.82, 2.24) is 9.62 Å². The molecule has 2 aliphatic rings. The molecular weight excluding hydrogens is 360 g/mol.